The number of carboxylic acid groups (broad SMARTS) is 1. The van der Waals surface area contributed by atoms with Gasteiger partial charge in [-0.2, -0.15) is 5.10 Å². The Morgan fingerprint density at radius 2 is 2.19 bits per heavy atom. The fraction of sp³-hybridized carbons (Fsp3) is 0.733. The molecule has 0 saturated carbocycles. The highest BCUT2D eigenvalue weighted by Gasteiger charge is 2.44. The van der Waals surface area contributed by atoms with Crippen LogP contribution in [0.25, 0.3) is 0 Å². The summed E-state index contributed by atoms with van der Waals surface area (Å²) in [7, 11) is 0. The number of carboxylic acids is 1. The molecule has 2 rings (SSSR count). The molecule has 1 fully saturated rings. The number of hydrogen-bond acceptors (Lipinski definition) is 3. The molecule has 6 heteroatoms. The second kappa shape index (κ2) is 6.36. The van der Waals surface area contributed by atoms with Crippen molar-refractivity contribution < 1.29 is 9.90 Å². The summed E-state index contributed by atoms with van der Waals surface area (Å²) in [6.07, 6.45) is 2.35. The normalized spacial score (nSPS) is 22.9. The van der Waals surface area contributed by atoms with Crippen molar-refractivity contribution in [1.82, 2.24) is 14.7 Å². The lowest BCUT2D eigenvalue weighted by atomic mass is 9.83. The van der Waals surface area contributed by atoms with Gasteiger partial charge < -0.3 is 5.11 Å². The van der Waals surface area contributed by atoms with Crippen molar-refractivity contribution in [2.24, 2.45) is 5.41 Å². The Hall–Kier alpha value is -1.07. The van der Waals surface area contributed by atoms with Crippen LogP contribution in [-0.2, 0) is 17.9 Å². The predicted molar refractivity (Wildman–Crippen MR) is 82.5 cm³/mol. The monoisotopic (exact) mass is 313 g/mol. The maximum absolute atomic E-state index is 11.6. The van der Waals surface area contributed by atoms with Crippen LogP contribution in [0.15, 0.2) is 0 Å². The van der Waals surface area contributed by atoms with E-state index in [0.717, 1.165) is 37.3 Å². The van der Waals surface area contributed by atoms with E-state index in [1.54, 1.807) is 0 Å². The van der Waals surface area contributed by atoms with Gasteiger partial charge in [0.05, 0.1) is 21.8 Å². The van der Waals surface area contributed by atoms with Crippen LogP contribution in [-0.4, -0.2) is 38.8 Å². The molecule has 1 N–H and O–H groups in total. The fourth-order valence-electron chi connectivity index (χ4n) is 3.29. The zero-order valence-electron chi connectivity index (χ0n) is 13.0. The number of nitrogens with zero attached hydrogens (tertiary/aromatic N) is 3. The number of carbonyl (C=O) groups is 1. The second-order valence-electron chi connectivity index (χ2n) is 5.96. The van der Waals surface area contributed by atoms with Gasteiger partial charge in [0.1, 0.15) is 0 Å². The SMILES string of the molecule is CCCC1(C(=O)O)CCN(Cc2c(Cl)c(C)nn2CC)C1. The first-order chi connectivity index (χ1) is 9.93. The summed E-state index contributed by atoms with van der Waals surface area (Å²) >= 11 is 6.34. The smallest absolute Gasteiger partial charge is 0.310 e. The Morgan fingerprint density at radius 1 is 1.48 bits per heavy atom. The molecule has 1 aromatic rings. The number of halogens is 1. The van der Waals surface area contributed by atoms with Crippen molar-refractivity contribution >= 4 is 17.6 Å². The molecular weight excluding hydrogens is 290 g/mol. The van der Waals surface area contributed by atoms with Gasteiger partial charge in [-0.3, -0.25) is 14.4 Å². The van der Waals surface area contributed by atoms with Gasteiger partial charge in [-0.15, -0.1) is 0 Å². The van der Waals surface area contributed by atoms with Crippen LogP contribution in [0.2, 0.25) is 5.02 Å². The standard InChI is InChI=1S/C15H24ClN3O2/c1-4-6-15(14(20)21)7-8-18(10-15)9-12-13(16)11(3)17-19(12)5-2/h4-10H2,1-3H3,(H,20,21). The van der Waals surface area contributed by atoms with Crippen molar-refractivity contribution in [3.63, 3.8) is 0 Å². The summed E-state index contributed by atoms with van der Waals surface area (Å²) in [6.45, 7) is 8.83. The summed E-state index contributed by atoms with van der Waals surface area (Å²) < 4.78 is 1.91. The van der Waals surface area contributed by atoms with Crippen molar-refractivity contribution in [2.45, 2.75) is 53.1 Å². The van der Waals surface area contributed by atoms with Crippen LogP contribution >= 0.6 is 11.6 Å². The average molecular weight is 314 g/mol. The lowest BCUT2D eigenvalue weighted by molar-refractivity contribution is -0.148. The summed E-state index contributed by atoms with van der Waals surface area (Å²) in [5.74, 6) is -0.668. The molecule has 118 valence electrons. The van der Waals surface area contributed by atoms with E-state index in [0.29, 0.717) is 24.5 Å². The lowest BCUT2D eigenvalue weighted by Crippen LogP contribution is -2.34. The van der Waals surface area contributed by atoms with E-state index in [1.807, 2.05) is 25.5 Å². The van der Waals surface area contributed by atoms with Crippen molar-refractivity contribution in [1.29, 1.82) is 0 Å². The van der Waals surface area contributed by atoms with Crippen molar-refractivity contribution in [2.75, 3.05) is 13.1 Å². The minimum Gasteiger partial charge on any atom is -0.481 e. The van der Waals surface area contributed by atoms with E-state index in [4.69, 9.17) is 11.6 Å². The molecule has 0 amide bonds. The number of likely N-dealkylation sites (tertiary alicyclic amines) is 1. The van der Waals surface area contributed by atoms with E-state index in [9.17, 15) is 9.90 Å². The molecule has 1 aliphatic rings. The molecule has 1 aromatic heterocycles. The first-order valence-electron chi connectivity index (χ1n) is 7.61. The van der Waals surface area contributed by atoms with Gasteiger partial charge >= 0.3 is 5.97 Å². The molecule has 1 atom stereocenters. The highest BCUT2D eigenvalue weighted by molar-refractivity contribution is 6.31. The van der Waals surface area contributed by atoms with Crippen LogP contribution in [0.3, 0.4) is 0 Å². The molecule has 5 nitrogen and oxygen atoms in total. The van der Waals surface area contributed by atoms with E-state index < -0.39 is 11.4 Å². The van der Waals surface area contributed by atoms with Gasteiger partial charge in [-0.1, -0.05) is 24.9 Å². The highest BCUT2D eigenvalue weighted by atomic mass is 35.5. The van der Waals surface area contributed by atoms with E-state index in [2.05, 4.69) is 10.00 Å². The zero-order valence-corrected chi connectivity index (χ0v) is 13.8. The third-order valence-electron chi connectivity index (χ3n) is 4.44. The summed E-state index contributed by atoms with van der Waals surface area (Å²) in [5, 5.41) is 14.7. The fourth-order valence-corrected chi connectivity index (χ4v) is 3.48. The number of aryl methyl sites for hydroxylation is 2. The Morgan fingerprint density at radius 3 is 2.76 bits per heavy atom. The van der Waals surface area contributed by atoms with Crippen LogP contribution in [0.1, 0.15) is 44.5 Å². The quantitative estimate of drug-likeness (QED) is 0.877. The van der Waals surface area contributed by atoms with Gasteiger partial charge in [0.15, 0.2) is 0 Å². The lowest BCUT2D eigenvalue weighted by Gasteiger charge is -2.24. The first kappa shape index (κ1) is 16.3. The van der Waals surface area contributed by atoms with E-state index >= 15 is 0 Å². The Kier molecular flexibility index (Phi) is 4.94. The molecule has 0 spiro atoms. The third kappa shape index (κ3) is 3.09. The molecule has 0 aromatic carbocycles. The molecule has 2 heterocycles. The van der Waals surface area contributed by atoms with Crippen LogP contribution in [0.5, 0.6) is 0 Å². The largest absolute Gasteiger partial charge is 0.481 e. The van der Waals surface area contributed by atoms with Crippen molar-refractivity contribution in [3.05, 3.63) is 16.4 Å². The maximum atomic E-state index is 11.6. The van der Waals surface area contributed by atoms with Crippen LogP contribution in [0, 0.1) is 12.3 Å². The Bertz CT molecular complexity index is 529. The van der Waals surface area contributed by atoms with E-state index in [1.165, 1.54) is 0 Å². The molecular formula is C15H24ClN3O2. The van der Waals surface area contributed by atoms with Gasteiger partial charge in [0, 0.05) is 19.6 Å². The Balaban J connectivity index is 2.14. The topological polar surface area (TPSA) is 58.4 Å². The summed E-state index contributed by atoms with van der Waals surface area (Å²) in [5.41, 5.74) is 1.24. The first-order valence-corrected chi connectivity index (χ1v) is 7.99. The summed E-state index contributed by atoms with van der Waals surface area (Å²) in [6, 6.07) is 0. The van der Waals surface area contributed by atoms with Gasteiger partial charge in [0.25, 0.3) is 0 Å². The van der Waals surface area contributed by atoms with Crippen LogP contribution < -0.4 is 0 Å². The minimum atomic E-state index is -0.668. The molecule has 1 saturated heterocycles. The second-order valence-corrected chi connectivity index (χ2v) is 6.34. The number of aliphatic carboxylic acids is 1. The molecule has 21 heavy (non-hydrogen) atoms. The Labute approximate surface area is 130 Å². The molecule has 0 bridgehead atoms. The molecule has 0 aliphatic carbocycles. The third-order valence-corrected chi connectivity index (χ3v) is 4.93. The number of aromatic nitrogens is 2. The molecule has 1 aliphatic heterocycles. The van der Waals surface area contributed by atoms with Gasteiger partial charge in [-0.25, -0.2) is 0 Å². The zero-order chi connectivity index (χ0) is 15.6. The van der Waals surface area contributed by atoms with Crippen molar-refractivity contribution in [3.8, 4) is 0 Å². The van der Waals surface area contributed by atoms with E-state index in [-0.39, 0.29) is 0 Å². The number of hydrogen-bond donors (Lipinski definition) is 1. The maximum Gasteiger partial charge on any atom is 0.310 e. The predicted octanol–water partition coefficient (Wildman–Crippen LogP) is 2.94. The molecule has 1 unspecified atom stereocenters. The molecule has 0 radical (unpaired) electrons. The summed E-state index contributed by atoms with van der Waals surface area (Å²) in [4.78, 5) is 13.8. The number of rotatable bonds is 6. The highest BCUT2D eigenvalue weighted by Crippen LogP contribution is 2.36. The van der Waals surface area contributed by atoms with Gasteiger partial charge in [0.2, 0.25) is 0 Å². The average Bonchev–Trinajstić information content (AvgIpc) is 2.97. The van der Waals surface area contributed by atoms with Gasteiger partial charge in [-0.05, 0) is 33.2 Å². The van der Waals surface area contributed by atoms with Crippen LogP contribution in [0.4, 0.5) is 0 Å². The minimum absolute atomic E-state index is 0.590.